The third-order valence-electron chi connectivity index (χ3n) is 3.78. The number of ether oxygens (including phenoxy) is 2. The lowest BCUT2D eigenvalue weighted by Gasteiger charge is -2.30. The van der Waals surface area contributed by atoms with Gasteiger partial charge in [0, 0.05) is 19.0 Å². The number of amides is 2. The first-order valence-electron chi connectivity index (χ1n) is 7.66. The molecule has 1 aliphatic rings. The molecule has 2 heterocycles. The van der Waals surface area contributed by atoms with E-state index in [0.29, 0.717) is 5.69 Å². The number of piperidine rings is 1. The number of likely N-dealkylation sites (tertiary alicyclic amines) is 1. The molecule has 0 spiro atoms. The van der Waals surface area contributed by atoms with E-state index in [4.69, 9.17) is 0 Å². The van der Waals surface area contributed by atoms with Gasteiger partial charge in [0.2, 0.25) is 5.91 Å². The Balaban J connectivity index is 1.84. The lowest BCUT2D eigenvalue weighted by Crippen LogP contribution is -2.42. The lowest BCUT2D eigenvalue weighted by atomic mass is 9.96. The van der Waals surface area contributed by atoms with Gasteiger partial charge in [-0.05, 0) is 24.3 Å². The van der Waals surface area contributed by atoms with Gasteiger partial charge in [-0.3, -0.25) is 4.79 Å². The van der Waals surface area contributed by atoms with Crippen LogP contribution in [0.25, 0.3) is 0 Å². The minimum Gasteiger partial charge on any atom is -0.465 e. The Kier molecular flexibility index (Phi) is 6.46. The second-order valence-electron chi connectivity index (χ2n) is 5.58. The van der Waals surface area contributed by atoms with E-state index in [1.807, 2.05) is 0 Å². The molecule has 1 N–H and O–H groups in total. The highest BCUT2D eigenvalue weighted by Crippen LogP contribution is 2.26. The molecule has 0 radical (unpaired) electrons. The van der Waals surface area contributed by atoms with Gasteiger partial charge in [-0.15, -0.1) is 11.3 Å². The van der Waals surface area contributed by atoms with Gasteiger partial charge in [-0.25, -0.2) is 9.59 Å². The summed E-state index contributed by atoms with van der Waals surface area (Å²) in [5.41, 5.74) is 0.346. The van der Waals surface area contributed by atoms with E-state index in [2.05, 4.69) is 14.8 Å². The Labute approximate surface area is 151 Å². The fourth-order valence-electron chi connectivity index (χ4n) is 2.45. The van der Waals surface area contributed by atoms with Crippen molar-refractivity contribution in [3.63, 3.8) is 0 Å². The summed E-state index contributed by atoms with van der Waals surface area (Å²) in [6.07, 6.45) is -5.06. The van der Waals surface area contributed by atoms with E-state index in [9.17, 15) is 27.6 Å². The van der Waals surface area contributed by atoms with Crippen molar-refractivity contribution in [1.29, 1.82) is 0 Å². The number of rotatable bonds is 4. The number of carbonyl (C=O) groups is 3. The average Bonchev–Trinajstić information content (AvgIpc) is 3.06. The summed E-state index contributed by atoms with van der Waals surface area (Å²) >= 11 is 1.13. The lowest BCUT2D eigenvalue weighted by molar-refractivity contribution is -0.162. The van der Waals surface area contributed by atoms with Gasteiger partial charge in [-0.1, -0.05) is 0 Å². The molecule has 2 rings (SSSR count). The quantitative estimate of drug-likeness (QED) is 0.794. The summed E-state index contributed by atoms with van der Waals surface area (Å²) in [4.78, 5) is 36.9. The Morgan fingerprint density at radius 2 is 1.96 bits per heavy atom. The molecular weight excluding hydrogens is 377 g/mol. The largest absolute Gasteiger partial charge is 0.465 e. The zero-order chi connectivity index (χ0) is 19.3. The zero-order valence-corrected chi connectivity index (χ0v) is 14.6. The molecule has 26 heavy (non-hydrogen) atoms. The number of halogens is 3. The van der Waals surface area contributed by atoms with Crippen LogP contribution in [0.3, 0.4) is 0 Å². The molecule has 0 bridgehead atoms. The van der Waals surface area contributed by atoms with Crippen LogP contribution in [0.4, 0.5) is 23.7 Å². The Bertz CT molecular complexity index is 668. The molecule has 144 valence electrons. The minimum absolute atomic E-state index is 0.113. The Morgan fingerprint density at radius 1 is 1.31 bits per heavy atom. The van der Waals surface area contributed by atoms with Crippen LogP contribution < -0.4 is 5.32 Å². The Hall–Kier alpha value is -2.30. The summed E-state index contributed by atoms with van der Waals surface area (Å²) in [6, 6.07) is 1.58. The second-order valence-corrected chi connectivity index (χ2v) is 6.49. The fraction of sp³-hybridized carbons (Fsp3) is 0.533. The molecule has 1 saturated heterocycles. The molecule has 1 aromatic heterocycles. The average molecular weight is 394 g/mol. The van der Waals surface area contributed by atoms with Crippen molar-refractivity contribution < 1.29 is 37.0 Å². The minimum atomic E-state index is -4.58. The van der Waals surface area contributed by atoms with Gasteiger partial charge in [0.25, 0.3) is 0 Å². The highest BCUT2D eigenvalue weighted by atomic mass is 32.1. The highest BCUT2D eigenvalue weighted by molar-refractivity contribution is 7.12. The first-order valence-corrected chi connectivity index (χ1v) is 8.54. The zero-order valence-electron chi connectivity index (χ0n) is 13.8. The predicted octanol–water partition coefficient (Wildman–Crippen LogP) is 2.88. The Morgan fingerprint density at radius 3 is 2.54 bits per heavy atom. The second kappa shape index (κ2) is 8.39. The van der Waals surface area contributed by atoms with Crippen LogP contribution in [0.1, 0.15) is 22.5 Å². The maximum atomic E-state index is 12.3. The predicted molar refractivity (Wildman–Crippen MR) is 86.0 cm³/mol. The van der Waals surface area contributed by atoms with Crippen LogP contribution in [0, 0.1) is 5.92 Å². The number of anilines is 1. The molecule has 1 aromatic rings. The summed E-state index contributed by atoms with van der Waals surface area (Å²) in [5, 5.41) is 4.29. The molecule has 2 amide bonds. The summed E-state index contributed by atoms with van der Waals surface area (Å²) in [6.45, 7) is -1.41. The van der Waals surface area contributed by atoms with E-state index < -0.39 is 30.8 Å². The van der Waals surface area contributed by atoms with Crippen molar-refractivity contribution in [3.8, 4) is 0 Å². The van der Waals surface area contributed by atoms with Crippen molar-refractivity contribution >= 4 is 35.0 Å². The van der Waals surface area contributed by atoms with E-state index in [-0.39, 0.29) is 36.7 Å². The number of thiophene rings is 1. The first-order chi connectivity index (χ1) is 12.2. The molecular formula is C15H17F3N2O5S. The fourth-order valence-corrected chi connectivity index (χ4v) is 3.22. The SMILES string of the molecule is COC(=O)c1sccc1NC(=O)C1CCN(C(=O)OCC(F)(F)F)CC1. The van der Waals surface area contributed by atoms with Gasteiger partial charge in [0.15, 0.2) is 6.61 Å². The van der Waals surface area contributed by atoms with E-state index in [1.165, 1.54) is 7.11 Å². The molecule has 0 saturated carbocycles. The number of hydrogen-bond donors (Lipinski definition) is 1. The van der Waals surface area contributed by atoms with Crippen LogP contribution >= 0.6 is 11.3 Å². The van der Waals surface area contributed by atoms with Crippen molar-refractivity contribution in [2.75, 3.05) is 32.1 Å². The van der Waals surface area contributed by atoms with E-state index >= 15 is 0 Å². The topological polar surface area (TPSA) is 84.9 Å². The smallest absolute Gasteiger partial charge is 0.422 e. The number of hydrogen-bond acceptors (Lipinski definition) is 6. The van der Waals surface area contributed by atoms with Crippen molar-refractivity contribution in [3.05, 3.63) is 16.3 Å². The van der Waals surface area contributed by atoms with Gasteiger partial charge in [0.1, 0.15) is 4.88 Å². The molecule has 0 aromatic carbocycles. The normalized spacial score (nSPS) is 15.5. The number of nitrogens with one attached hydrogen (secondary N) is 1. The van der Waals surface area contributed by atoms with Crippen molar-refractivity contribution in [2.45, 2.75) is 19.0 Å². The third kappa shape index (κ3) is 5.35. The molecule has 11 heteroatoms. The maximum Gasteiger partial charge on any atom is 0.422 e. The number of esters is 1. The maximum absolute atomic E-state index is 12.3. The summed E-state index contributed by atoms with van der Waals surface area (Å²) in [5.74, 6) is -1.30. The van der Waals surface area contributed by atoms with Crippen LogP contribution in [0.5, 0.6) is 0 Å². The van der Waals surface area contributed by atoms with Crippen LogP contribution in [-0.4, -0.2) is 55.9 Å². The molecule has 1 aliphatic heterocycles. The third-order valence-corrected chi connectivity index (χ3v) is 4.67. The molecule has 0 unspecified atom stereocenters. The molecule has 1 fully saturated rings. The van der Waals surface area contributed by atoms with Crippen LogP contribution in [0.15, 0.2) is 11.4 Å². The van der Waals surface area contributed by atoms with Gasteiger partial charge in [-0.2, -0.15) is 13.2 Å². The van der Waals surface area contributed by atoms with Gasteiger partial charge >= 0.3 is 18.2 Å². The first kappa shape index (κ1) is 20.0. The highest BCUT2D eigenvalue weighted by Gasteiger charge is 2.33. The number of methoxy groups -OCH3 is 1. The van der Waals surface area contributed by atoms with E-state index in [0.717, 1.165) is 16.2 Å². The standard InChI is InChI=1S/C15H17F3N2O5S/c1-24-13(22)11-10(4-7-26-11)19-12(21)9-2-5-20(6-3-9)14(23)25-8-15(16,17)18/h4,7,9H,2-3,5-6,8H2,1H3,(H,19,21). The van der Waals surface area contributed by atoms with Crippen LogP contribution in [0.2, 0.25) is 0 Å². The van der Waals surface area contributed by atoms with Crippen LogP contribution in [-0.2, 0) is 14.3 Å². The number of nitrogens with zero attached hydrogens (tertiary/aromatic N) is 1. The van der Waals surface area contributed by atoms with Crippen molar-refractivity contribution in [1.82, 2.24) is 4.90 Å². The van der Waals surface area contributed by atoms with Gasteiger partial charge < -0.3 is 19.7 Å². The van der Waals surface area contributed by atoms with Gasteiger partial charge in [0.05, 0.1) is 12.8 Å². The number of carbonyl (C=O) groups excluding carboxylic acids is 3. The molecule has 7 nitrogen and oxygen atoms in total. The summed E-state index contributed by atoms with van der Waals surface area (Å²) < 4.78 is 45.0. The summed E-state index contributed by atoms with van der Waals surface area (Å²) in [7, 11) is 1.24. The van der Waals surface area contributed by atoms with Crippen molar-refractivity contribution in [2.24, 2.45) is 5.92 Å². The monoisotopic (exact) mass is 394 g/mol. The molecule has 0 atom stereocenters. The molecule has 0 aliphatic carbocycles. The van der Waals surface area contributed by atoms with E-state index in [1.54, 1.807) is 11.4 Å². The number of alkyl halides is 3.